The van der Waals surface area contributed by atoms with Gasteiger partial charge in [0, 0.05) is 0 Å². The first-order valence-electron chi connectivity index (χ1n) is 5.19. The molecule has 1 aromatic carbocycles. The topological polar surface area (TPSA) is 110 Å². The van der Waals surface area contributed by atoms with Gasteiger partial charge >= 0.3 is 0 Å². The Labute approximate surface area is 119 Å². The van der Waals surface area contributed by atoms with Crippen molar-refractivity contribution in [2.45, 2.75) is 4.90 Å². The van der Waals surface area contributed by atoms with Crippen LogP contribution in [0.15, 0.2) is 35.5 Å². The maximum atomic E-state index is 13.6. The number of hydrazine groups is 1. The molecule has 0 unspecified atom stereocenters. The number of nitrogen functional groups attached to an aromatic ring is 1. The third-order valence-corrected chi connectivity index (χ3v) is 3.88. The number of benzene rings is 1. The number of hydrogen-bond donors (Lipinski definition) is 3. The van der Waals surface area contributed by atoms with Gasteiger partial charge in [0.15, 0.2) is 5.82 Å². The fourth-order valence-electron chi connectivity index (χ4n) is 1.32. The van der Waals surface area contributed by atoms with Crippen LogP contribution in [-0.4, -0.2) is 18.4 Å². The number of nitrogens with one attached hydrogen (secondary N) is 2. The van der Waals surface area contributed by atoms with Crippen LogP contribution >= 0.6 is 11.6 Å². The predicted octanol–water partition coefficient (Wildman–Crippen LogP) is 1.36. The van der Waals surface area contributed by atoms with E-state index in [2.05, 4.69) is 20.1 Å². The third kappa shape index (κ3) is 2.95. The first kappa shape index (κ1) is 14.4. The number of rotatable bonds is 4. The Kier molecular flexibility index (Phi) is 4.02. The Morgan fingerprint density at radius 2 is 1.90 bits per heavy atom. The minimum absolute atomic E-state index is 0.0536. The fourth-order valence-corrected chi connectivity index (χ4v) is 2.44. The highest BCUT2D eigenvalue weighted by atomic mass is 35.5. The Morgan fingerprint density at radius 3 is 2.50 bits per heavy atom. The number of anilines is 2. The first-order chi connectivity index (χ1) is 9.44. The highest BCUT2D eigenvalue weighted by Crippen LogP contribution is 2.24. The normalized spacial score (nSPS) is 11.2. The van der Waals surface area contributed by atoms with Crippen molar-refractivity contribution in [1.82, 2.24) is 9.97 Å². The summed E-state index contributed by atoms with van der Waals surface area (Å²) in [6, 6.07) is 3.97. The van der Waals surface area contributed by atoms with Crippen molar-refractivity contribution in [1.29, 1.82) is 0 Å². The minimum atomic E-state index is -4.02. The molecule has 0 fully saturated rings. The molecule has 1 aromatic heterocycles. The molecular weight excluding hydrogens is 309 g/mol. The van der Waals surface area contributed by atoms with E-state index >= 15 is 0 Å². The van der Waals surface area contributed by atoms with Crippen molar-refractivity contribution >= 4 is 33.3 Å². The predicted molar refractivity (Wildman–Crippen MR) is 72.1 cm³/mol. The summed E-state index contributed by atoms with van der Waals surface area (Å²) in [6.07, 6.45) is 2.07. The van der Waals surface area contributed by atoms with E-state index in [1.165, 1.54) is 18.2 Å². The smallest absolute Gasteiger partial charge is 0.265 e. The fraction of sp³-hybridized carbons (Fsp3) is 0. The molecule has 106 valence electrons. The van der Waals surface area contributed by atoms with E-state index in [0.717, 1.165) is 12.4 Å². The van der Waals surface area contributed by atoms with Crippen LogP contribution in [0, 0.1) is 5.82 Å². The molecule has 1 heterocycles. The second-order valence-corrected chi connectivity index (χ2v) is 5.68. The molecule has 0 saturated heterocycles. The summed E-state index contributed by atoms with van der Waals surface area (Å²) < 4.78 is 39.7. The first-order valence-corrected chi connectivity index (χ1v) is 7.05. The summed E-state index contributed by atoms with van der Waals surface area (Å²) in [6.45, 7) is 0. The highest BCUT2D eigenvalue weighted by Gasteiger charge is 2.18. The average Bonchev–Trinajstić information content (AvgIpc) is 2.44. The Hall–Kier alpha value is -1.97. The molecule has 0 amide bonds. The maximum absolute atomic E-state index is 13.6. The largest absolute Gasteiger partial charge is 0.292 e. The van der Waals surface area contributed by atoms with Gasteiger partial charge in [0.25, 0.3) is 10.0 Å². The lowest BCUT2D eigenvalue weighted by molar-refractivity contribution is 0.597. The van der Waals surface area contributed by atoms with Crippen LogP contribution < -0.4 is 16.0 Å². The number of nitrogens with zero attached hydrogens (tertiary/aromatic N) is 2. The summed E-state index contributed by atoms with van der Waals surface area (Å²) in [5, 5.41) is -0.191. The van der Waals surface area contributed by atoms with Gasteiger partial charge in [-0.3, -0.25) is 10.1 Å². The molecule has 2 aromatic rings. The molecular formula is C10H9ClFN5O2S. The van der Waals surface area contributed by atoms with Crippen LogP contribution in [0.5, 0.6) is 0 Å². The third-order valence-electron chi connectivity index (χ3n) is 2.26. The van der Waals surface area contributed by atoms with Crippen LogP contribution in [0.4, 0.5) is 16.0 Å². The molecule has 0 aliphatic rings. The van der Waals surface area contributed by atoms with Gasteiger partial charge in [-0.25, -0.2) is 28.6 Å². The quantitative estimate of drug-likeness (QED) is 0.580. The minimum Gasteiger partial charge on any atom is -0.292 e. The number of aromatic nitrogens is 2. The van der Waals surface area contributed by atoms with Crippen LogP contribution in [0.1, 0.15) is 0 Å². The van der Waals surface area contributed by atoms with Crippen LogP contribution in [0.25, 0.3) is 0 Å². The van der Waals surface area contributed by atoms with E-state index in [4.69, 9.17) is 17.4 Å². The summed E-state index contributed by atoms with van der Waals surface area (Å²) in [7, 11) is -4.02. The van der Waals surface area contributed by atoms with Gasteiger partial charge in [-0.1, -0.05) is 17.7 Å². The molecule has 0 saturated carbocycles. The van der Waals surface area contributed by atoms with Crippen molar-refractivity contribution < 1.29 is 12.8 Å². The van der Waals surface area contributed by atoms with Crippen molar-refractivity contribution in [2.75, 3.05) is 10.1 Å². The summed E-state index contributed by atoms with van der Waals surface area (Å²) in [5.41, 5.74) is 1.89. The number of nitrogens with two attached hydrogens (primary N) is 1. The molecule has 0 radical (unpaired) electrons. The lowest BCUT2D eigenvalue weighted by atomic mass is 10.3. The van der Waals surface area contributed by atoms with Gasteiger partial charge in [0.2, 0.25) is 5.95 Å². The molecule has 4 N–H and O–H groups in total. The van der Waals surface area contributed by atoms with Crippen LogP contribution in [0.2, 0.25) is 5.02 Å². The van der Waals surface area contributed by atoms with Gasteiger partial charge < -0.3 is 0 Å². The average molecular weight is 318 g/mol. The summed E-state index contributed by atoms with van der Waals surface area (Å²) >= 11 is 5.57. The van der Waals surface area contributed by atoms with Gasteiger partial charge in [-0.15, -0.1) is 0 Å². The van der Waals surface area contributed by atoms with E-state index in [-0.39, 0.29) is 21.6 Å². The van der Waals surface area contributed by atoms with Crippen LogP contribution in [-0.2, 0) is 10.0 Å². The molecule has 0 aliphatic carbocycles. The molecule has 0 spiro atoms. The molecule has 2 rings (SSSR count). The second-order valence-electron chi connectivity index (χ2n) is 3.59. The zero-order chi connectivity index (χ0) is 14.8. The zero-order valence-corrected chi connectivity index (χ0v) is 11.4. The SMILES string of the molecule is NNc1ncc(S(=O)(=O)Nc2cccc(Cl)c2F)cn1. The molecule has 20 heavy (non-hydrogen) atoms. The van der Waals surface area contributed by atoms with Crippen LogP contribution in [0.3, 0.4) is 0 Å². The Balaban J connectivity index is 2.33. The number of sulfonamides is 1. The summed E-state index contributed by atoms with van der Waals surface area (Å²) in [4.78, 5) is 7.08. The van der Waals surface area contributed by atoms with Gasteiger partial charge in [0.05, 0.1) is 23.1 Å². The molecule has 7 nitrogen and oxygen atoms in total. The van der Waals surface area contributed by atoms with Gasteiger partial charge in [-0.05, 0) is 12.1 Å². The molecule has 0 bridgehead atoms. The number of halogens is 2. The van der Waals surface area contributed by atoms with Crippen molar-refractivity contribution in [3.63, 3.8) is 0 Å². The van der Waals surface area contributed by atoms with Gasteiger partial charge in [-0.2, -0.15) is 0 Å². The standard InChI is InChI=1S/C10H9ClFN5O2S/c11-7-2-1-3-8(9(7)12)17-20(18,19)6-4-14-10(16-13)15-5-6/h1-5,17H,13H2,(H,14,15,16). The lowest BCUT2D eigenvalue weighted by Gasteiger charge is -2.09. The van der Waals surface area contributed by atoms with Gasteiger partial charge in [0.1, 0.15) is 4.90 Å². The van der Waals surface area contributed by atoms with E-state index < -0.39 is 15.8 Å². The number of hydrogen-bond acceptors (Lipinski definition) is 6. The van der Waals surface area contributed by atoms with Crippen molar-refractivity contribution in [3.8, 4) is 0 Å². The van der Waals surface area contributed by atoms with E-state index in [1.54, 1.807) is 0 Å². The molecule has 0 aliphatic heterocycles. The van der Waals surface area contributed by atoms with Crippen molar-refractivity contribution in [2.24, 2.45) is 5.84 Å². The van der Waals surface area contributed by atoms with Crippen molar-refractivity contribution in [3.05, 3.63) is 41.4 Å². The Morgan fingerprint density at radius 1 is 1.25 bits per heavy atom. The lowest BCUT2D eigenvalue weighted by Crippen LogP contribution is -2.16. The van der Waals surface area contributed by atoms with E-state index in [1.807, 2.05) is 0 Å². The highest BCUT2D eigenvalue weighted by molar-refractivity contribution is 7.92. The monoisotopic (exact) mass is 317 g/mol. The maximum Gasteiger partial charge on any atom is 0.265 e. The van der Waals surface area contributed by atoms with E-state index in [0.29, 0.717) is 0 Å². The Bertz CT molecular complexity index is 723. The summed E-state index contributed by atoms with van der Waals surface area (Å²) in [5.74, 6) is 4.26. The molecule has 0 atom stereocenters. The second kappa shape index (κ2) is 5.57. The molecule has 10 heteroatoms. The zero-order valence-electron chi connectivity index (χ0n) is 9.84. The van der Waals surface area contributed by atoms with E-state index in [9.17, 15) is 12.8 Å².